The SMILES string of the molecule is CC[S+]([O-])c1c(-c2nc3cc(C(F)(F)F)ncc3n2C)ncc2ccsc12. The van der Waals surface area contributed by atoms with E-state index in [4.69, 9.17) is 0 Å². The molecule has 140 valence electrons. The molecule has 1 atom stereocenters. The van der Waals surface area contributed by atoms with Gasteiger partial charge in [0.05, 0.1) is 21.9 Å². The summed E-state index contributed by atoms with van der Waals surface area (Å²) in [7, 11) is 1.68. The number of fused-ring (bicyclic) bond motifs is 2. The number of rotatable bonds is 3. The van der Waals surface area contributed by atoms with Crippen LogP contribution in [0.5, 0.6) is 0 Å². The monoisotopic (exact) mass is 410 g/mol. The van der Waals surface area contributed by atoms with Crippen molar-refractivity contribution < 1.29 is 17.7 Å². The van der Waals surface area contributed by atoms with E-state index in [1.54, 1.807) is 24.7 Å². The van der Waals surface area contributed by atoms with Gasteiger partial charge in [-0.3, -0.25) is 0 Å². The Morgan fingerprint density at radius 1 is 1.26 bits per heavy atom. The molecule has 0 aliphatic heterocycles. The summed E-state index contributed by atoms with van der Waals surface area (Å²) >= 11 is 0.149. The minimum absolute atomic E-state index is 0.163. The zero-order valence-corrected chi connectivity index (χ0v) is 15.9. The Morgan fingerprint density at radius 2 is 2.04 bits per heavy atom. The van der Waals surface area contributed by atoms with Crippen molar-refractivity contribution in [3.05, 3.63) is 35.6 Å². The Balaban J connectivity index is 1.98. The lowest BCUT2D eigenvalue weighted by Gasteiger charge is -2.12. The second kappa shape index (κ2) is 6.47. The predicted molar refractivity (Wildman–Crippen MR) is 99.1 cm³/mol. The fourth-order valence-electron chi connectivity index (χ4n) is 2.88. The number of nitrogens with zero attached hydrogens (tertiary/aromatic N) is 4. The highest BCUT2D eigenvalue weighted by molar-refractivity contribution is 7.91. The summed E-state index contributed by atoms with van der Waals surface area (Å²) < 4.78 is 54.0. The van der Waals surface area contributed by atoms with E-state index in [0.29, 0.717) is 27.7 Å². The van der Waals surface area contributed by atoms with Crippen LogP contribution in [0.1, 0.15) is 12.6 Å². The van der Waals surface area contributed by atoms with Gasteiger partial charge in [0.15, 0.2) is 16.4 Å². The summed E-state index contributed by atoms with van der Waals surface area (Å²) in [5.74, 6) is 0.758. The first kappa shape index (κ1) is 18.2. The molecule has 0 bridgehead atoms. The van der Waals surface area contributed by atoms with Gasteiger partial charge in [-0.15, -0.1) is 11.3 Å². The van der Waals surface area contributed by atoms with Crippen LogP contribution in [-0.2, 0) is 24.4 Å². The Kier molecular flexibility index (Phi) is 4.36. The van der Waals surface area contributed by atoms with E-state index in [9.17, 15) is 17.7 Å². The lowest BCUT2D eigenvalue weighted by Crippen LogP contribution is -2.09. The highest BCUT2D eigenvalue weighted by Gasteiger charge is 2.33. The van der Waals surface area contributed by atoms with E-state index < -0.39 is 23.0 Å². The van der Waals surface area contributed by atoms with Crippen LogP contribution in [0.2, 0.25) is 0 Å². The molecule has 4 heterocycles. The fraction of sp³-hybridized carbons (Fsp3) is 0.235. The van der Waals surface area contributed by atoms with Crippen LogP contribution in [-0.4, -0.2) is 29.8 Å². The maximum atomic E-state index is 13.0. The Hall–Kier alpha value is -2.17. The minimum Gasteiger partial charge on any atom is -0.611 e. The summed E-state index contributed by atoms with van der Waals surface area (Å²) in [5, 5.41) is 2.77. The Bertz CT molecular complexity index is 1150. The van der Waals surface area contributed by atoms with E-state index in [2.05, 4.69) is 15.0 Å². The van der Waals surface area contributed by atoms with Crippen LogP contribution < -0.4 is 0 Å². The second-order valence-corrected chi connectivity index (χ2v) is 8.42. The molecular formula is C17H13F3N4OS2. The van der Waals surface area contributed by atoms with Crippen molar-refractivity contribution in [1.29, 1.82) is 0 Å². The summed E-state index contributed by atoms with van der Waals surface area (Å²) in [5.41, 5.74) is 0.0199. The molecule has 5 nitrogen and oxygen atoms in total. The topological polar surface area (TPSA) is 66.7 Å². The third-order valence-corrected chi connectivity index (χ3v) is 6.66. The molecule has 4 aromatic heterocycles. The van der Waals surface area contributed by atoms with Crippen LogP contribution in [0, 0.1) is 0 Å². The van der Waals surface area contributed by atoms with Gasteiger partial charge in [-0.25, -0.2) is 15.0 Å². The maximum Gasteiger partial charge on any atom is 0.433 e. The van der Waals surface area contributed by atoms with Gasteiger partial charge in [0.2, 0.25) is 0 Å². The Labute approximate surface area is 159 Å². The first-order valence-corrected chi connectivity index (χ1v) is 10.2. The van der Waals surface area contributed by atoms with Crippen molar-refractivity contribution in [3.63, 3.8) is 0 Å². The van der Waals surface area contributed by atoms with Crippen molar-refractivity contribution in [1.82, 2.24) is 19.5 Å². The number of thiophene rings is 1. The third-order valence-electron chi connectivity index (χ3n) is 4.21. The first-order chi connectivity index (χ1) is 12.8. The normalized spacial score (nSPS) is 13.6. The lowest BCUT2D eigenvalue weighted by atomic mass is 10.3. The number of aryl methyl sites for hydroxylation is 1. The van der Waals surface area contributed by atoms with Crippen LogP contribution in [0.25, 0.3) is 32.6 Å². The van der Waals surface area contributed by atoms with Gasteiger partial charge in [0.25, 0.3) is 0 Å². The van der Waals surface area contributed by atoms with Gasteiger partial charge >= 0.3 is 6.18 Å². The molecule has 0 fully saturated rings. The highest BCUT2D eigenvalue weighted by atomic mass is 32.2. The molecule has 4 rings (SSSR count). The maximum absolute atomic E-state index is 13.0. The predicted octanol–water partition coefficient (Wildman–Crippen LogP) is 4.39. The van der Waals surface area contributed by atoms with Gasteiger partial charge in [-0.05, 0) is 35.6 Å². The summed E-state index contributed by atoms with van der Waals surface area (Å²) in [6, 6.07) is 2.81. The molecule has 0 aliphatic rings. The van der Waals surface area contributed by atoms with E-state index in [1.807, 2.05) is 11.4 Å². The van der Waals surface area contributed by atoms with Crippen LogP contribution in [0.3, 0.4) is 0 Å². The van der Waals surface area contributed by atoms with Crippen molar-refractivity contribution in [2.24, 2.45) is 7.05 Å². The molecule has 0 aromatic carbocycles. The Morgan fingerprint density at radius 3 is 2.74 bits per heavy atom. The van der Waals surface area contributed by atoms with Gasteiger partial charge in [0, 0.05) is 18.6 Å². The highest BCUT2D eigenvalue weighted by Crippen LogP contribution is 2.36. The molecule has 0 saturated heterocycles. The van der Waals surface area contributed by atoms with Crippen LogP contribution >= 0.6 is 11.3 Å². The van der Waals surface area contributed by atoms with Gasteiger partial charge in [-0.1, -0.05) is 0 Å². The zero-order valence-electron chi connectivity index (χ0n) is 14.2. The molecule has 10 heteroatoms. The van der Waals surface area contributed by atoms with Gasteiger partial charge in [-0.2, -0.15) is 13.2 Å². The molecule has 0 N–H and O–H groups in total. The van der Waals surface area contributed by atoms with Crippen molar-refractivity contribution in [3.8, 4) is 11.5 Å². The van der Waals surface area contributed by atoms with Gasteiger partial charge < -0.3 is 9.12 Å². The number of pyridine rings is 2. The largest absolute Gasteiger partial charge is 0.611 e. The standard InChI is InChI=1S/C17H13F3N4OS2/c1-3-27(25)15-13(22-7-9-4-5-26-14(9)15)16-23-10-6-12(17(18,19)20)21-8-11(10)24(16)2/h4-8H,3H2,1-2H3. The summed E-state index contributed by atoms with van der Waals surface area (Å²) in [6.07, 6.45) is -1.74. The van der Waals surface area contributed by atoms with Crippen molar-refractivity contribution in [2.45, 2.75) is 18.0 Å². The molecule has 27 heavy (non-hydrogen) atoms. The average molecular weight is 410 g/mol. The van der Waals surface area contributed by atoms with E-state index in [-0.39, 0.29) is 5.52 Å². The quantitative estimate of drug-likeness (QED) is 0.470. The summed E-state index contributed by atoms with van der Waals surface area (Å²) in [6.45, 7) is 1.81. The number of aromatic nitrogens is 4. The molecule has 0 amide bonds. The number of alkyl halides is 3. The lowest BCUT2D eigenvalue weighted by molar-refractivity contribution is -0.141. The molecule has 0 radical (unpaired) electrons. The van der Waals surface area contributed by atoms with E-state index in [1.165, 1.54) is 11.3 Å². The molecule has 1 unspecified atom stereocenters. The van der Waals surface area contributed by atoms with E-state index in [0.717, 1.165) is 22.3 Å². The van der Waals surface area contributed by atoms with Gasteiger partial charge in [0.1, 0.15) is 11.4 Å². The smallest absolute Gasteiger partial charge is 0.433 e. The number of hydrogen-bond acceptors (Lipinski definition) is 5. The third kappa shape index (κ3) is 2.97. The second-order valence-electron chi connectivity index (χ2n) is 5.83. The number of hydrogen-bond donors (Lipinski definition) is 0. The van der Waals surface area contributed by atoms with E-state index >= 15 is 0 Å². The number of imidazole rings is 1. The van der Waals surface area contributed by atoms with Crippen LogP contribution in [0.15, 0.2) is 34.8 Å². The fourth-order valence-corrected chi connectivity index (χ4v) is 5.08. The zero-order chi connectivity index (χ0) is 19.3. The number of halogens is 3. The minimum atomic E-state index is -4.55. The molecule has 4 aromatic rings. The molecule has 0 aliphatic carbocycles. The van der Waals surface area contributed by atoms with Crippen LogP contribution in [0.4, 0.5) is 13.2 Å². The first-order valence-electron chi connectivity index (χ1n) is 7.96. The summed E-state index contributed by atoms with van der Waals surface area (Å²) in [4.78, 5) is 12.8. The molecular weight excluding hydrogens is 397 g/mol. The molecule has 0 spiro atoms. The van der Waals surface area contributed by atoms with Crippen molar-refractivity contribution in [2.75, 3.05) is 5.75 Å². The van der Waals surface area contributed by atoms with Crippen molar-refractivity contribution >= 4 is 43.6 Å². The molecule has 0 saturated carbocycles. The average Bonchev–Trinajstić information content (AvgIpc) is 3.23.